The number of likely N-dealkylation sites (tertiary alicyclic amines) is 1. The minimum atomic E-state index is -3.69. The molecule has 0 spiro atoms. The number of hydrogen-bond donors (Lipinski definition) is 1. The molecule has 0 aromatic rings. The smallest absolute Gasteiger partial charge is 0.329 e. The van der Waals surface area contributed by atoms with Crippen LogP contribution in [0, 0.1) is 0 Å². The van der Waals surface area contributed by atoms with Crippen LogP contribution in [0.2, 0.25) is 0 Å². The number of ether oxygens (including phenoxy) is 2. The molecule has 0 amide bonds. The second-order valence-corrected chi connectivity index (χ2v) is 11.4. The van der Waals surface area contributed by atoms with Gasteiger partial charge in [0.1, 0.15) is 6.10 Å². The van der Waals surface area contributed by atoms with Crippen molar-refractivity contribution in [1.29, 1.82) is 0 Å². The zero-order valence-corrected chi connectivity index (χ0v) is 22.0. The fraction of sp³-hybridized carbons (Fsp3) is 0.960. The summed E-state index contributed by atoms with van der Waals surface area (Å²) in [6.45, 7) is 5.78. The number of nitrogens with zero attached hydrogens (tertiary/aromatic N) is 1. The predicted molar refractivity (Wildman–Crippen MR) is 134 cm³/mol. The molecular formula is C25H50NO6P. The third kappa shape index (κ3) is 18.5. The van der Waals surface area contributed by atoms with Gasteiger partial charge in [-0.3, -0.25) is 9.36 Å². The molecular weight excluding hydrogens is 441 g/mol. The monoisotopic (exact) mass is 491 g/mol. The van der Waals surface area contributed by atoms with Crippen molar-refractivity contribution < 1.29 is 28.3 Å². The molecule has 0 radical (unpaired) electrons. The first-order chi connectivity index (χ1) is 16.1. The first-order valence-corrected chi connectivity index (χ1v) is 15.2. The first kappa shape index (κ1) is 30.6. The highest BCUT2D eigenvalue weighted by atomic mass is 31.2. The first-order valence-electron chi connectivity index (χ1n) is 13.4. The van der Waals surface area contributed by atoms with E-state index >= 15 is 0 Å². The molecule has 0 aromatic heterocycles. The lowest BCUT2D eigenvalue weighted by atomic mass is 10.0. The van der Waals surface area contributed by atoms with Crippen molar-refractivity contribution in [2.24, 2.45) is 0 Å². The minimum Gasteiger partial charge on any atom is -0.460 e. The van der Waals surface area contributed by atoms with E-state index in [9.17, 15) is 14.3 Å². The summed E-state index contributed by atoms with van der Waals surface area (Å²) in [4.78, 5) is 22.9. The summed E-state index contributed by atoms with van der Waals surface area (Å²) in [6.07, 6.45) is 18.7. The molecule has 33 heavy (non-hydrogen) atoms. The Morgan fingerprint density at radius 2 is 1.42 bits per heavy atom. The van der Waals surface area contributed by atoms with Gasteiger partial charge in [0.25, 0.3) is 6.47 Å². The highest BCUT2D eigenvalue weighted by Crippen LogP contribution is 2.41. The Kier molecular flexibility index (Phi) is 19.3. The molecule has 1 rings (SSSR count). The average molecular weight is 492 g/mol. The number of hydrogen-bond acceptors (Lipinski definition) is 6. The van der Waals surface area contributed by atoms with Gasteiger partial charge < -0.3 is 23.8 Å². The highest BCUT2D eigenvalue weighted by molar-refractivity contribution is 7.52. The van der Waals surface area contributed by atoms with Gasteiger partial charge in [-0.05, 0) is 32.4 Å². The van der Waals surface area contributed by atoms with Crippen molar-refractivity contribution in [2.75, 3.05) is 45.6 Å². The van der Waals surface area contributed by atoms with Gasteiger partial charge >= 0.3 is 7.60 Å². The molecule has 0 saturated carbocycles. The third-order valence-corrected chi connectivity index (χ3v) is 7.62. The van der Waals surface area contributed by atoms with E-state index in [2.05, 4.69) is 11.8 Å². The average Bonchev–Trinajstić information content (AvgIpc) is 3.32. The molecule has 1 aliphatic rings. The molecule has 7 nitrogen and oxygen atoms in total. The van der Waals surface area contributed by atoms with Crippen LogP contribution in [0.1, 0.15) is 103 Å². The normalized spacial score (nSPS) is 17.2. The van der Waals surface area contributed by atoms with Crippen LogP contribution in [0.5, 0.6) is 0 Å². The van der Waals surface area contributed by atoms with E-state index in [1.807, 2.05) is 0 Å². The molecule has 1 saturated heterocycles. The summed E-state index contributed by atoms with van der Waals surface area (Å²) in [5.41, 5.74) is 0. The van der Waals surface area contributed by atoms with Crippen molar-refractivity contribution >= 4 is 14.1 Å². The predicted octanol–water partition coefficient (Wildman–Crippen LogP) is 5.93. The van der Waals surface area contributed by atoms with Gasteiger partial charge in [-0.2, -0.15) is 0 Å². The van der Waals surface area contributed by atoms with Crippen molar-refractivity contribution in [1.82, 2.24) is 4.90 Å². The fourth-order valence-corrected chi connectivity index (χ4v) is 5.24. The molecule has 196 valence electrons. The van der Waals surface area contributed by atoms with Crippen molar-refractivity contribution in [2.45, 2.75) is 109 Å². The molecule has 1 N–H and O–H groups in total. The van der Waals surface area contributed by atoms with Crippen molar-refractivity contribution in [3.8, 4) is 0 Å². The molecule has 8 heteroatoms. The molecule has 1 aliphatic heterocycles. The lowest BCUT2D eigenvalue weighted by Gasteiger charge is -2.20. The number of carbonyl (C=O) groups is 1. The number of carbonyl (C=O) groups excluding carboxylic acids is 1. The Bertz CT molecular complexity index is 501. The van der Waals surface area contributed by atoms with Crippen LogP contribution in [0.3, 0.4) is 0 Å². The maximum absolute atomic E-state index is 12.2. The Morgan fingerprint density at radius 1 is 0.879 bits per heavy atom. The summed E-state index contributed by atoms with van der Waals surface area (Å²) < 4.78 is 28.0. The lowest BCUT2D eigenvalue weighted by molar-refractivity contribution is -0.138. The Balaban J connectivity index is 1.96. The maximum atomic E-state index is 12.2. The zero-order valence-electron chi connectivity index (χ0n) is 21.1. The van der Waals surface area contributed by atoms with Gasteiger partial charge in [0.2, 0.25) is 0 Å². The Hall–Kier alpha value is -0.460. The van der Waals surface area contributed by atoms with Crippen LogP contribution in [0.25, 0.3) is 0 Å². The highest BCUT2D eigenvalue weighted by Gasteiger charge is 2.24. The second-order valence-electron chi connectivity index (χ2n) is 9.38. The Morgan fingerprint density at radius 3 is 1.97 bits per heavy atom. The van der Waals surface area contributed by atoms with Crippen molar-refractivity contribution in [3.63, 3.8) is 0 Å². The van der Waals surface area contributed by atoms with Gasteiger partial charge in [-0.15, -0.1) is 0 Å². The molecule has 1 heterocycles. The topological polar surface area (TPSA) is 85.3 Å². The molecule has 0 bridgehead atoms. The fourth-order valence-electron chi connectivity index (χ4n) is 4.18. The molecule has 0 aromatic carbocycles. The van der Waals surface area contributed by atoms with E-state index in [1.165, 1.54) is 70.6 Å². The van der Waals surface area contributed by atoms with Gasteiger partial charge in [0.15, 0.2) is 0 Å². The van der Waals surface area contributed by atoms with Crippen LogP contribution >= 0.6 is 7.60 Å². The number of unbranched alkanes of at least 4 members (excludes halogenated alkanes) is 12. The molecule has 0 aliphatic carbocycles. The summed E-state index contributed by atoms with van der Waals surface area (Å²) in [6, 6.07) is 0. The van der Waals surface area contributed by atoms with Gasteiger partial charge in [-0.25, -0.2) is 0 Å². The molecule has 2 atom stereocenters. The Labute approximate surface area is 202 Å². The minimum absolute atomic E-state index is 0.0978. The van der Waals surface area contributed by atoms with E-state index in [4.69, 9.17) is 14.0 Å². The van der Waals surface area contributed by atoms with Gasteiger partial charge in [0.05, 0.1) is 19.4 Å². The van der Waals surface area contributed by atoms with Crippen LogP contribution in [-0.4, -0.2) is 68.0 Å². The molecule has 1 fully saturated rings. The summed E-state index contributed by atoms with van der Waals surface area (Å²) in [7, 11) is -3.69. The van der Waals surface area contributed by atoms with Gasteiger partial charge in [0, 0.05) is 13.2 Å². The zero-order chi connectivity index (χ0) is 24.0. The summed E-state index contributed by atoms with van der Waals surface area (Å²) in [5, 5.41) is 0. The van der Waals surface area contributed by atoms with Crippen LogP contribution < -0.4 is 0 Å². The van der Waals surface area contributed by atoms with E-state index in [0.717, 1.165) is 38.8 Å². The second kappa shape index (κ2) is 20.9. The summed E-state index contributed by atoms with van der Waals surface area (Å²) >= 11 is 0. The van der Waals surface area contributed by atoms with E-state index in [-0.39, 0.29) is 19.4 Å². The van der Waals surface area contributed by atoms with Gasteiger partial charge in [-0.1, -0.05) is 84.0 Å². The number of rotatable bonds is 24. The van der Waals surface area contributed by atoms with E-state index < -0.39 is 13.7 Å². The molecule has 2 unspecified atom stereocenters. The van der Waals surface area contributed by atoms with Crippen LogP contribution in [0.15, 0.2) is 0 Å². The summed E-state index contributed by atoms with van der Waals surface area (Å²) in [5.74, 6) is 0. The van der Waals surface area contributed by atoms with E-state index in [1.54, 1.807) is 0 Å². The van der Waals surface area contributed by atoms with Crippen molar-refractivity contribution in [3.05, 3.63) is 0 Å². The quantitative estimate of drug-likeness (QED) is 0.102. The van der Waals surface area contributed by atoms with E-state index in [0.29, 0.717) is 19.6 Å². The maximum Gasteiger partial charge on any atom is 0.329 e. The van der Waals surface area contributed by atoms with Crippen LogP contribution in [0.4, 0.5) is 0 Å². The lowest BCUT2D eigenvalue weighted by Crippen LogP contribution is -2.27. The van der Waals surface area contributed by atoms with Crippen LogP contribution in [-0.2, 0) is 23.4 Å². The third-order valence-electron chi connectivity index (χ3n) is 6.30. The largest absolute Gasteiger partial charge is 0.460 e. The standard InChI is InChI=1S/C25H50NO6P/c1-2-3-4-5-6-7-8-9-10-11-12-13-16-20-30-22-25(31-24-27)23-32-33(28,29)21-19-26-17-14-15-18-26/h24-25H,2-23H2,1H3,(H,28,29). The SMILES string of the molecule is CCCCCCCCCCCCCCCOCC(COP(=O)(O)CCN1CCCC1)OC=O.